The number of amides is 2. The number of aromatic nitrogens is 1. The number of hydrogen-bond donors (Lipinski definition) is 2. The molecule has 0 aliphatic carbocycles. The number of aryl methyl sites for hydroxylation is 3. The lowest BCUT2D eigenvalue weighted by molar-refractivity contribution is -0.118. The molecule has 2 N–H and O–H groups in total. The molecule has 3 aromatic rings. The fourth-order valence-corrected chi connectivity index (χ4v) is 4.07. The molecule has 2 amide bonds. The molecule has 0 spiro atoms. The number of anilines is 1. The molecule has 29 heavy (non-hydrogen) atoms. The van der Waals surface area contributed by atoms with E-state index in [4.69, 9.17) is 4.42 Å². The number of benzene rings is 1. The van der Waals surface area contributed by atoms with Crippen LogP contribution in [0.3, 0.4) is 0 Å². The van der Waals surface area contributed by atoms with Crippen LogP contribution < -0.4 is 10.6 Å². The Morgan fingerprint density at radius 2 is 1.83 bits per heavy atom. The average Bonchev–Trinajstić information content (AvgIpc) is 3.30. The minimum absolute atomic E-state index is 0.102. The fourth-order valence-electron chi connectivity index (χ4n) is 3.37. The van der Waals surface area contributed by atoms with Crippen LogP contribution in [0.15, 0.2) is 40.3 Å². The van der Waals surface area contributed by atoms with Gasteiger partial charge in [0.1, 0.15) is 6.04 Å². The quantitative estimate of drug-likeness (QED) is 0.615. The molecule has 1 aromatic carbocycles. The molecule has 0 saturated carbocycles. The van der Waals surface area contributed by atoms with Crippen molar-refractivity contribution in [3.63, 3.8) is 0 Å². The van der Waals surface area contributed by atoms with Gasteiger partial charge in [0.15, 0.2) is 10.9 Å². The first-order valence-corrected chi connectivity index (χ1v) is 10.3. The molecule has 0 aliphatic heterocycles. The molecule has 152 valence electrons. The monoisotopic (exact) mass is 411 g/mol. The van der Waals surface area contributed by atoms with Gasteiger partial charge < -0.3 is 15.1 Å². The Balaban J connectivity index is 1.75. The summed E-state index contributed by atoms with van der Waals surface area (Å²) in [7, 11) is 0. The largest absolute Gasteiger partial charge is 0.459 e. The van der Waals surface area contributed by atoms with Gasteiger partial charge in [-0.05, 0) is 49.9 Å². The number of carbonyl (C=O) groups excluding carboxylic acids is 2. The summed E-state index contributed by atoms with van der Waals surface area (Å²) in [5.74, 6) is -0.659. The molecular formula is C22H25N3O3S. The molecule has 0 bridgehead atoms. The van der Waals surface area contributed by atoms with E-state index < -0.39 is 11.9 Å². The van der Waals surface area contributed by atoms with Gasteiger partial charge in [-0.2, -0.15) is 0 Å². The van der Waals surface area contributed by atoms with Crippen molar-refractivity contribution in [2.24, 2.45) is 5.92 Å². The topological polar surface area (TPSA) is 84.2 Å². The van der Waals surface area contributed by atoms with Gasteiger partial charge in [0.2, 0.25) is 5.91 Å². The van der Waals surface area contributed by atoms with Crippen LogP contribution in [0, 0.1) is 26.7 Å². The van der Waals surface area contributed by atoms with Gasteiger partial charge in [-0.25, -0.2) is 4.98 Å². The van der Waals surface area contributed by atoms with Crippen molar-refractivity contribution >= 4 is 28.3 Å². The number of furan rings is 1. The number of carbonyl (C=O) groups is 2. The smallest absolute Gasteiger partial charge is 0.287 e. The molecule has 7 heteroatoms. The lowest BCUT2D eigenvalue weighted by Gasteiger charge is -2.20. The number of hydrogen-bond acceptors (Lipinski definition) is 5. The second-order valence-corrected chi connectivity index (χ2v) is 8.33. The molecule has 0 unspecified atom stereocenters. The number of thiazole rings is 1. The van der Waals surface area contributed by atoms with Gasteiger partial charge in [-0.3, -0.25) is 9.59 Å². The van der Waals surface area contributed by atoms with E-state index in [1.54, 1.807) is 12.1 Å². The Morgan fingerprint density at radius 3 is 2.41 bits per heavy atom. The van der Waals surface area contributed by atoms with Crippen LogP contribution in [0.1, 0.15) is 41.1 Å². The van der Waals surface area contributed by atoms with E-state index >= 15 is 0 Å². The summed E-state index contributed by atoms with van der Waals surface area (Å²) in [6, 6.07) is 6.73. The van der Waals surface area contributed by atoms with Crippen molar-refractivity contribution in [2.75, 3.05) is 5.32 Å². The highest BCUT2D eigenvalue weighted by Crippen LogP contribution is 2.31. The van der Waals surface area contributed by atoms with Gasteiger partial charge in [0, 0.05) is 10.9 Å². The Hall–Kier alpha value is -2.93. The second kappa shape index (κ2) is 8.61. The van der Waals surface area contributed by atoms with E-state index in [9.17, 15) is 9.59 Å². The van der Waals surface area contributed by atoms with E-state index in [1.165, 1.54) is 23.2 Å². The minimum atomic E-state index is -0.706. The molecule has 0 aliphatic rings. The molecule has 2 aromatic heterocycles. The normalized spacial score (nSPS) is 12.1. The second-order valence-electron chi connectivity index (χ2n) is 7.47. The van der Waals surface area contributed by atoms with Crippen molar-refractivity contribution in [1.82, 2.24) is 10.3 Å². The maximum absolute atomic E-state index is 12.8. The van der Waals surface area contributed by atoms with Crippen LogP contribution in [-0.2, 0) is 4.79 Å². The van der Waals surface area contributed by atoms with Crippen LogP contribution in [0.4, 0.5) is 5.13 Å². The van der Waals surface area contributed by atoms with Crippen LogP contribution in [-0.4, -0.2) is 22.8 Å². The maximum atomic E-state index is 12.8. The van der Waals surface area contributed by atoms with Crippen molar-refractivity contribution in [1.29, 1.82) is 0 Å². The third-order valence-electron chi connectivity index (χ3n) is 4.65. The summed E-state index contributed by atoms with van der Waals surface area (Å²) in [4.78, 5) is 29.7. The van der Waals surface area contributed by atoms with E-state index in [0.717, 1.165) is 22.4 Å². The van der Waals surface area contributed by atoms with E-state index in [1.807, 2.05) is 19.2 Å². The zero-order valence-corrected chi connectivity index (χ0v) is 18.0. The Labute approximate surface area is 174 Å². The molecule has 2 heterocycles. The minimum Gasteiger partial charge on any atom is -0.459 e. The Morgan fingerprint density at radius 1 is 1.14 bits per heavy atom. The summed E-state index contributed by atoms with van der Waals surface area (Å²) < 4.78 is 5.10. The van der Waals surface area contributed by atoms with Gasteiger partial charge in [0.05, 0.1) is 12.0 Å². The first-order chi connectivity index (χ1) is 13.8. The van der Waals surface area contributed by atoms with Gasteiger partial charge >= 0.3 is 0 Å². The lowest BCUT2D eigenvalue weighted by Crippen LogP contribution is -2.47. The molecule has 1 atom stereocenters. The molecule has 0 fully saturated rings. The van der Waals surface area contributed by atoms with E-state index in [2.05, 4.69) is 48.5 Å². The highest BCUT2D eigenvalue weighted by molar-refractivity contribution is 7.14. The van der Waals surface area contributed by atoms with Gasteiger partial charge in [-0.15, -0.1) is 11.3 Å². The van der Waals surface area contributed by atoms with Crippen LogP contribution >= 0.6 is 11.3 Å². The average molecular weight is 412 g/mol. The van der Waals surface area contributed by atoms with E-state index in [-0.39, 0.29) is 17.6 Å². The maximum Gasteiger partial charge on any atom is 0.287 e. The summed E-state index contributed by atoms with van der Waals surface area (Å²) in [6.07, 6.45) is 1.42. The highest BCUT2D eigenvalue weighted by Gasteiger charge is 2.26. The molecule has 0 radical (unpaired) electrons. The van der Waals surface area contributed by atoms with Gasteiger partial charge in [0.25, 0.3) is 5.91 Å². The zero-order chi connectivity index (χ0) is 21.1. The van der Waals surface area contributed by atoms with Crippen molar-refractivity contribution < 1.29 is 14.0 Å². The fraction of sp³-hybridized carbons (Fsp3) is 0.318. The van der Waals surface area contributed by atoms with Crippen LogP contribution in [0.25, 0.3) is 11.3 Å². The van der Waals surface area contributed by atoms with E-state index in [0.29, 0.717) is 5.13 Å². The first-order valence-electron chi connectivity index (χ1n) is 9.45. The third-order valence-corrected chi connectivity index (χ3v) is 5.41. The Bertz CT molecular complexity index is 999. The lowest BCUT2D eigenvalue weighted by atomic mass is 9.98. The predicted molar refractivity (Wildman–Crippen MR) is 115 cm³/mol. The summed E-state index contributed by atoms with van der Waals surface area (Å²) >= 11 is 1.37. The zero-order valence-electron chi connectivity index (χ0n) is 17.2. The predicted octanol–water partition coefficient (Wildman–Crippen LogP) is 4.72. The summed E-state index contributed by atoms with van der Waals surface area (Å²) in [5, 5.41) is 8.01. The highest BCUT2D eigenvalue weighted by atomic mass is 32.1. The Kier molecular flexibility index (Phi) is 6.17. The standard InChI is InChI=1S/C22H25N3O3S/c1-12(2)19(24-20(26)17-7-6-8-28-17)21(27)25-22-23-16(11-29-22)18-14(4)9-13(3)10-15(18)5/h6-12,19H,1-5H3,(H,24,26)(H,23,25,27)/t19-/m0/s1. The SMILES string of the molecule is Cc1cc(C)c(-c2csc(NC(=O)[C@@H](NC(=O)c3ccco3)C(C)C)n2)c(C)c1. The van der Waals surface area contributed by atoms with Gasteiger partial charge in [-0.1, -0.05) is 31.5 Å². The molecule has 6 nitrogen and oxygen atoms in total. The number of rotatable bonds is 6. The van der Waals surface area contributed by atoms with Crippen molar-refractivity contribution in [3.8, 4) is 11.3 Å². The first kappa shape index (κ1) is 20.8. The molecular weight excluding hydrogens is 386 g/mol. The van der Waals surface area contributed by atoms with Crippen molar-refractivity contribution in [3.05, 3.63) is 58.4 Å². The van der Waals surface area contributed by atoms with Crippen LogP contribution in [0.2, 0.25) is 0 Å². The molecule has 3 rings (SSSR count). The third kappa shape index (κ3) is 4.74. The summed E-state index contributed by atoms with van der Waals surface area (Å²) in [5.41, 5.74) is 5.42. The summed E-state index contributed by atoms with van der Waals surface area (Å²) in [6.45, 7) is 9.94. The van der Waals surface area contributed by atoms with Crippen molar-refractivity contribution in [2.45, 2.75) is 40.7 Å². The number of nitrogens with zero attached hydrogens (tertiary/aromatic N) is 1. The number of nitrogens with one attached hydrogen (secondary N) is 2. The molecule has 0 saturated heterocycles. The van der Waals surface area contributed by atoms with Crippen LogP contribution in [0.5, 0.6) is 0 Å².